The van der Waals surface area contributed by atoms with Gasteiger partial charge in [-0.1, -0.05) is 12.1 Å². The summed E-state index contributed by atoms with van der Waals surface area (Å²) in [4.78, 5) is 23.9. The molecule has 124 valence electrons. The number of benzene rings is 1. The number of ether oxygens (including phenoxy) is 2. The number of hydrogen-bond acceptors (Lipinski definition) is 6. The zero-order valence-electron chi connectivity index (χ0n) is 12.5. The summed E-state index contributed by atoms with van der Waals surface area (Å²) in [5.41, 5.74) is 0. The van der Waals surface area contributed by atoms with Crippen LogP contribution in [0.5, 0.6) is 11.5 Å². The van der Waals surface area contributed by atoms with Gasteiger partial charge in [-0.2, -0.15) is 4.73 Å². The number of nitrogens with zero attached hydrogens (tertiary/aromatic N) is 1. The number of rotatable bonds is 4. The molecule has 0 saturated carbocycles. The molecule has 1 aliphatic rings. The summed E-state index contributed by atoms with van der Waals surface area (Å²) in [6.45, 7) is 0.0303. The van der Waals surface area contributed by atoms with Crippen LogP contribution < -0.4 is 19.5 Å². The zero-order chi connectivity index (χ0) is 16.9. The lowest BCUT2D eigenvalue weighted by molar-refractivity contribution is -0.645. The number of imide groups is 1. The Morgan fingerprint density at radius 2 is 1.96 bits per heavy atom. The van der Waals surface area contributed by atoms with E-state index in [1.807, 2.05) is 0 Å². The van der Waals surface area contributed by atoms with Crippen LogP contribution in [0.4, 0.5) is 0 Å². The minimum absolute atomic E-state index is 0.0303. The Kier molecular flexibility index (Phi) is 4.85. The maximum Gasteiger partial charge on any atom is 0.271 e. The van der Waals surface area contributed by atoms with E-state index < -0.39 is 17.9 Å². The third-order valence-electron chi connectivity index (χ3n) is 3.20. The summed E-state index contributed by atoms with van der Waals surface area (Å²) < 4.78 is 11.6. The second-order valence-electron chi connectivity index (χ2n) is 4.93. The number of thioether (sulfide) groups is 1. The second-order valence-corrected chi connectivity index (χ2v) is 5.93. The Morgan fingerprint density at radius 3 is 2.75 bits per heavy atom. The standard InChI is InChI=1S/C16H14N2O5S/c19-14(10-24-15-7-3-4-8-18(15)21)17-16(20)13-9-22-11-5-1-2-6-12(11)23-13/h1-8,13H,9-10H2,(H,17,19,20)/t13-/m0/s1. The summed E-state index contributed by atoms with van der Waals surface area (Å²) in [6.07, 6.45) is 0.450. The molecule has 1 atom stereocenters. The minimum Gasteiger partial charge on any atom is -0.618 e. The fraction of sp³-hybridized carbons (Fsp3) is 0.188. The van der Waals surface area contributed by atoms with Crippen molar-refractivity contribution in [2.24, 2.45) is 0 Å². The maximum absolute atomic E-state index is 12.1. The number of amides is 2. The van der Waals surface area contributed by atoms with Gasteiger partial charge in [-0.3, -0.25) is 14.9 Å². The first kappa shape index (κ1) is 16.1. The van der Waals surface area contributed by atoms with E-state index in [4.69, 9.17) is 9.47 Å². The topological polar surface area (TPSA) is 91.6 Å². The van der Waals surface area contributed by atoms with E-state index in [1.54, 1.807) is 42.5 Å². The van der Waals surface area contributed by atoms with Crippen LogP contribution in [0.1, 0.15) is 0 Å². The van der Waals surface area contributed by atoms with Gasteiger partial charge < -0.3 is 14.7 Å². The smallest absolute Gasteiger partial charge is 0.271 e. The van der Waals surface area contributed by atoms with Gasteiger partial charge in [0.1, 0.15) is 6.61 Å². The molecule has 0 unspecified atom stereocenters. The van der Waals surface area contributed by atoms with Gasteiger partial charge in [-0.05, 0) is 30.0 Å². The van der Waals surface area contributed by atoms with Gasteiger partial charge in [0.05, 0.1) is 5.75 Å². The number of carbonyl (C=O) groups excluding carboxylic acids is 2. The van der Waals surface area contributed by atoms with Crippen molar-refractivity contribution in [1.29, 1.82) is 0 Å². The van der Waals surface area contributed by atoms with Crippen LogP contribution in [-0.4, -0.2) is 30.3 Å². The van der Waals surface area contributed by atoms with Gasteiger partial charge >= 0.3 is 0 Å². The molecule has 0 spiro atoms. The van der Waals surface area contributed by atoms with Gasteiger partial charge in [0.25, 0.3) is 10.9 Å². The van der Waals surface area contributed by atoms with Crippen LogP contribution in [0.2, 0.25) is 0 Å². The first-order chi connectivity index (χ1) is 11.6. The highest BCUT2D eigenvalue weighted by Gasteiger charge is 2.28. The predicted octanol–water partition coefficient (Wildman–Crippen LogP) is 0.895. The van der Waals surface area contributed by atoms with Crippen LogP contribution in [-0.2, 0) is 9.59 Å². The van der Waals surface area contributed by atoms with Gasteiger partial charge in [0.15, 0.2) is 17.7 Å². The average Bonchev–Trinajstić information content (AvgIpc) is 2.60. The number of pyridine rings is 1. The van der Waals surface area contributed by atoms with Crippen LogP contribution in [0.15, 0.2) is 53.7 Å². The fourth-order valence-corrected chi connectivity index (χ4v) is 2.78. The molecule has 0 radical (unpaired) electrons. The van der Waals surface area contributed by atoms with E-state index in [0.29, 0.717) is 21.3 Å². The first-order valence-electron chi connectivity index (χ1n) is 7.16. The third kappa shape index (κ3) is 3.77. The van der Waals surface area contributed by atoms with Crippen LogP contribution in [0.25, 0.3) is 0 Å². The van der Waals surface area contributed by atoms with E-state index in [-0.39, 0.29) is 12.4 Å². The quantitative estimate of drug-likeness (QED) is 0.502. The molecule has 1 aromatic carbocycles. The molecule has 1 aliphatic heterocycles. The highest BCUT2D eigenvalue weighted by molar-refractivity contribution is 7.99. The molecule has 24 heavy (non-hydrogen) atoms. The zero-order valence-corrected chi connectivity index (χ0v) is 13.3. The molecule has 2 aromatic rings. The molecule has 0 saturated heterocycles. The molecule has 7 nitrogen and oxygen atoms in total. The van der Waals surface area contributed by atoms with Crippen LogP contribution >= 0.6 is 11.8 Å². The first-order valence-corrected chi connectivity index (χ1v) is 8.15. The van der Waals surface area contributed by atoms with Gasteiger partial charge in [-0.15, -0.1) is 0 Å². The number of nitrogens with one attached hydrogen (secondary N) is 1. The van der Waals surface area contributed by atoms with Gasteiger partial charge in [-0.25, -0.2) is 0 Å². The molecular formula is C16H14N2O5S. The Morgan fingerprint density at radius 1 is 1.21 bits per heavy atom. The van der Waals surface area contributed by atoms with Gasteiger partial charge in [0.2, 0.25) is 12.0 Å². The van der Waals surface area contributed by atoms with E-state index in [2.05, 4.69) is 5.32 Å². The van der Waals surface area contributed by atoms with E-state index in [0.717, 1.165) is 11.8 Å². The van der Waals surface area contributed by atoms with Crippen molar-refractivity contribution in [3.8, 4) is 11.5 Å². The third-order valence-corrected chi connectivity index (χ3v) is 4.22. The molecule has 1 aromatic heterocycles. The van der Waals surface area contributed by atoms with E-state index in [1.165, 1.54) is 6.20 Å². The van der Waals surface area contributed by atoms with Crippen molar-refractivity contribution in [3.05, 3.63) is 53.9 Å². The molecule has 1 N–H and O–H groups in total. The van der Waals surface area contributed by atoms with E-state index in [9.17, 15) is 14.8 Å². The molecule has 0 bridgehead atoms. The Hall–Kier alpha value is -2.74. The predicted molar refractivity (Wildman–Crippen MR) is 85.6 cm³/mol. The Bertz CT molecular complexity index is 768. The number of fused-ring (bicyclic) bond motifs is 1. The Labute approximate surface area is 142 Å². The van der Waals surface area contributed by atoms with Crippen molar-refractivity contribution in [1.82, 2.24) is 5.32 Å². The fourth-order valence-electron chi connectivity index (χ4n) is 2.07. The Balaban J connectivity index is 1.52. The molecular weight excluding hydrogens is 332 g/mol. The number of aromatic nitrogens is 1. The summed E-state index contributed by atoms with van der Waals surface area (Å²) in [7, 11) is 0. The van der Waals surface area contributed by atoms with Gasteiger partial charge in [0, 0.05) is 12.1 Å². The summed E-state index contributed by atoms with van der Waals surface area (Å²) >= 11 is 1.05. The molecule has 2 heterocycles. The largest absolute Gasteiger partial charge is 0.618 e. The molecule has 0 aliphatic carbocycles. The average molecular weight is 346 g/mol. The molecule has 8 heteroatoms. The lowest BCUT2D eigenvalue weighted by Crippen LogP contribution is -2.46. The van der Waals surface area contributed by atoms with Crippen molar-refractivity contribution < 1.29 is 23.8 Å². The van der Waals surface area contributed by atoms with E-state index >= 15 is 0 Å². The highest BCUT2D eigenvalue weighted by atomic mass is 32.2. The summed E-state index contributed by atoms with van der Waals surface area (Å²) in [5.74, 6) is -0.105. The van der Waals surface area contributed by atoms with Crippen LogP contribution in [0, 0.1) is 5.21 Å². The number of hydrogen-bond donors (Lipinski definition) is 1. The second kappa shape index (κ2) is 7.22. The van der Waals surface area contributed by atoms with Crippen molar-refractivity contribution in [2.75, 3.05) is 12.4 Å². The summed E-state index contributed by atoms with van der Waals surface area (Å²) in [5, 5.41) is 14.1. The lowest BCUT2D eigenvalue weighted by atomic mass is 10.2. The lowest BCUT2D eigenvalue weighted by Gasteiger charge is -2.25. The minimum atomic E-state index is -0.894. The van der Waals surface area contributed by atoms with Crippen LogP contribution in [0.3, 0.4) is 0 Å². The van der Waals surface area contributed by atoms with Crippen molar-refractivity contribution in [3.63, 3.8) is 0 Å². The molecule has 3 rings (SSSR count). The van der Waals surface area contributed by atoms with Crippen molar-refractivity contribution in [2.45, 2.75) is 11.1 Å². The molecule has 2 amide bonds. The molecule has 0 fully saturated rings. The SMILES string of the molecule is O=C(CSc1cccc[n+]1[O-])NC(=O)[C@@H]1COc2ccccc2O1. The number of carbonyl (C=O) groups is 2. The maximum atomic E-state index is 12.1. The van der Waals surface area contributed by atoms with Crippen molar-refractivity contribution >= 4 is 23.6 Å². The normalized spacial score (nSPS) is 15.6. The number of para-hydroxylation sites is 2. The highest BCUT2D eigenvalue weighted by Crippen LogP contribution is 2.30. The monoisotopic (exact) mass is 346 g/mol. The summed E-state index contributed by atoms with van der Waals surface area (Å²) in [6, 6.07) is 11.9.